The molecule has 0 saturated heterocycles. The summed E-state index contributed by atoms with van der Waals surface area (Å²) in [4.78, 5) is 12.9. The molecule has 0 unspecified atom stereocenters. The van der Waals surface area contributed by atoms with Crippen LogP contribution in [0.4, 0.5) is 10.1 Å². The van der Waals surface area contributed by atoms with E-state index in [-0.39, 0.29) is 16.8 Å². The normalized spacial score (nSPS) is 14.2. The number of alkyl halides is 1. The van der Waals surface area contributed by atoms with E-state index < -0.39 is 5.82 Å². The zero-order chi connectivity index (χ0) is 11.0. The summed E-state index contributed by atoms with van der Waals surface area (Å²) in [5.74, 6) is -0.814. The van der Waals surface area contributed by atoms with Gasteiger partial charge in [0.1, 0.15) is 11.7 Å². The average Bonchev–Trinajstić information content (AvgIpc) is 2.61. The Balaban J connectivity index is 2.42. The van der Waals surface area contributed by atoms with E-state index in [9.17, 15) is 9.18 Å². The fraction of sp³-hybridized carbons (Fsp3) is 0.300. The Morgan fingerprint density at radius 3 is 2.93 bits per heavy atom. The molecule has 1 aliphatic heterocycles. The highest BCUT2D eigenvalue weighted by molar-refractivity contribution is 6.31. The molecular weight excluding hydrogens is 240 g/mol. The summed E-state index contributed by atoms with van der Waals surface area (Å²) in [6.07, 6.45) is 0.692. The van der Waals surface area contributed by atoms with Gasteiger partial charge in [-0.15, -0.1) is 11.6 Å². The molecule has 1 amide bonds. The third kappa shape index (κ3) is 1.82. The molecule has 1 aromatic carbocycles. The van der Waals surface area contributed by atoms with Crippen LogP contribution in [0.2, 0.25) is 5.02 Å². The molecule has 0 bridgehead atoms. The van der Waals surface area contributed by atoms with Gasteiger partial charge in [0.15, 0.2) is 0 Å². The van der Waals surface area contributed by atoms with E-state index in [4.69, 9.17) is 23.2 Å². The summed E-state index contributed by atoms with van der Waals surface area (Å²) in [7, 11) is 0. The van der Waals surface area contributed by atoms with Gasteiger partial charge in [-0.1, -0.05) is 11.6 Å². The molecule has 1 heterocycles. The topological polar surface area (TPSA) is 20.3 Å². The van der Waals surface area contributed by atoms with Gasteiger partial charge in [-0.3, -0.25) is 4.79 Å². The molecule has 5 heteroatoms. The number of anilines is 1. The van der Waals surface area contributed by atoms with Gasteiger partial charge in [0.05, 0.1) is 5.02 Å². The average molecular weight is 248 g/mol. The minimum atomic E-state index is -0.510. The van der Waals surface area contributed by atoms with Crippen molar-refractivity contribution in [2.75, 3.05) is 17.3 Å². The van der Waals surface area contributed by atoms with Gasteiger partial charge in [0, 0.05) is 12.2 Å². The SMILES string of the molecule is O=C(CCl)N1CCc2cc(Cl)c(F)cc21. The summed E-state index contributed by atoms with van der Waals surface area (Å²) in [5, 5.41) is 0.0916. The maximum absolute atomic E-state index is 13.2. The molecule has 0 N–H and O–H groups in total. The van der Waals surface area contributed by atoms with E-state index in [0.29, 0.717) is 18.7 Å². The molecule has 0 saturated carbocycles. The smallest absolute Gasteiger partial charge is 0.241 e. The standard InChI is InChI=1S/C10H8Cl2FNO/c11-5-10(15)14-2-1-6-3-7(12)8(13)4-9(6)14/h3-4H,1-2,5H2. The number of hydrogen-bond acceptors (Lipinski definition) is 1. The number of halogens is 3. The van der Waals surface area contributed by atoms with Crippen molar-refractivity contribution < 1.29 is 9.18 Å². The van der Waals surface area contributed by atoms with Gasteiger partial charge in [0.25, 0.3) is 0 Å². The quantitative estimate of drug-likeness (QED) is 0.699. The highest BCUT2D eigenvalue weighted by atomic mass is 35.5. The van der Waals surface area contributed by atoms with E-state index in [1.165, 1.54) is 11.0 Å². The molecule has 2 nitrogen and oxygen atoms in total. The lowest BCUT2D eigenvalue weighted by Gasteiger charge is -2.15. The van der Waals surface area contributed by atoms with Crippen molar-refractivity contribution in [3.8, 4) is 0 Å². The predicted molar refractivity (Wildman–Crippen MR) is 58.2 cm³/mol. The molecular formula is C10H8Cl2FNO. The first kappa shape index (κ1) is 10.7. The van der Waals surface area contributed by atoms with Crippen molar-refractivity contribution in [1.82, 2.24) is 0 Å². The largest absolute Gasteiger partial charge is 0.311 e. The highest BCUT2D eigenvalue weighted by Crippen LogP contribution is 2.32. The van der Waals surface area contributed by atoms with E-state index in [0.717, 1.165) is 5.56 Å². The number of carbonyl (C=O) groups excluding carboxylic acids is 1. The van der Waals surface area contributed by atoms with Crippen LogP contribution < -0.4 is 4.90 Å². The van der Waals surface area contributed by atoms with E-state index in [2.05, 4.69) is 0 Å². The highest BCUT2D eigenvalue weighted by Gasteiger charge is 2.25. The second-order valence-electron chi connectivity index (χ2n) is 3.32. The Labute approximate surface area is 96.6 Å². The van der Waals surface area contributed by atoms with Crippen LogP contribution in [0.5, 0.6) is 0 Å². The molecule has 2 rings (SSSR count). The van der Waals surface area contributed by atoms with Crippen molar-refractivity contribution in [2.24, 2.45) is 0 Å². The fourth-order valence-corrected chi connectivity index (χ4v) is 2.04. The number of nitrogens with zero attached hydrogens (tertiary/aromatic N) is 1. The maximum Gasteiger partial charge on any atom is 0.241 e. The van der Waals surface area contributed by atoms with Gasteiger partial charge in [-0.2, -0.15) is 0 Å². The minimum Gasteiger partial charge on any atom is -0.311 e. The van der Waals surface area contributed by atoms with Gasteiger partial charge in [0.2, 0.25) is 5.91 Å². The summed E-state index contributed by atoms with van der Waals surface area (Å²) < 4.78 is 13.2. The van der Waals surface area contributed by atoms with E-state index >= 15 is 0 Å². The Morgan fingerprint density at radius 1 is 1.53 bits per heavy atom. The number of hydrogen-bond donors (Lipinski definition) is 0. The first-order valence-corrected chi connectivity index (χ1v) is 5.39. The molecule has 0 aromatic heterocycles. The number of amides is 1. The van der Waals surface area contributed by atoms with Crippen LogP contribution in [0.3, 0.4) is 0 Å². The number of rotatable bonds is 1. The summed E-state index contributed by atoms with van der Waals surface area (Å²) in [6.45, 7) is 0.542. The van der Waals surface area contributed by atoms with Crippen molar-refractivity contribution in [1.29, 1.82) is 0 Å². The van der Waals surface area contributed by atoms with Crippen LogP contribution in [0.15, 0.2) is 12.1 Å². The van der Waals surface area contributed by atoms with Crippen LogP contribution in [-0.2, 0) is 11.2 Å². The zero-order valence-corrected chi connectivity index (χ0v) is 9.28. The Kier molecular flexibility index (Phi) is 2.85. The second kappa shape index (κ2) is 3.99. The second-order valence-corrected chi connectivity index (χ2v) is 4.00. The van der Waals surface area contributed by atoms with E-state index in [1.54, 1.807) is 6.07 Å². The lowest BCUT2D eigenvalue weighted by atomic mass is 10.1. The fourth-order valence-electron chi connectivity index (χ4n) is 1.71. The van der Waals surface area contributed by atoms with Crippen molar-refractivity contribution >= 4 is 34.8 Å². The number of carbonyl (C=O) groups is 1. The Bertz CT molecular complexity index is 422. The molecule has 1 aromatic rings. The lowest BCUT2D eigenvalue weighted by molar-refractivity contribution is -0.116. The van der Waals surface area contributed by atoms with Crippen molar-refractivity contribution in [2.45, 2.75) is 6.42 Å². The Hall–Kier alpha value is -0.800. The maximum atomic E-state index is 13.2. The number of benzene rings is 1. The first-order valence-electron chi connectivity index (χ1n) is 4.47. The van der Waals surface area contributed by atoms with Gasteiger partial charge >= 0.3 is 0 Å². The van der Waals surface area contributed by atoms with Gasteiger partial charge < -0.3 is 4.90 Å². The van der Waals surface area contributed by atoms with Crippen LogP contribution in [0, 0.1) is 5.82 Å². The molecule has 80 valence electrons. The third-order valence-corrected chi connectivity index (χ3v) is 2.95. The summed E-state index contributed by atoms with van der Waals surface area (Å²) in [5.41, 5.74) is 1.47. The molecule has 0 spiro atoms. The van der Waals surface area contributed by atoms with Crippen molar-refractivity contribution in [3.63, 3.8) is 0 Å². The third-order valence-electron chi connectivity index (χ3n) is 2.43. The van der Waals surface area contributed by atoms with Crippen LogP contribution in [-0.4, -0.2) is 18.3 Å². The molecule has 1 aliphatic rings. The lowest BCUT2D eigenvalue weighted by Crippen LogP contribution is -2.29. The molecule has 0 aliphatic carbocycles. The molecule has 0 fully saturated rings. The monoisotopic (exact) mass is 247 g/mol. The summed E-state index contributed by atoms with van der Waals surface area (Å²) >= 11 is 11.1. The molecule has 15 heavy (non-hydrogen) atoms. The summed E-state index contributed by atoms with van der Waals surface area (Å²) in [6, 6.07) is 2.85. The van der Waals surface area contributed by atoms with Gasteiger partial charge in [-0.25, -0.2) is 4.39 Å². The molecule has 0 radical (unpaired) electrons. The first-order chi connectivity index (χ1) is 7.13. The minimum absolute atomic E-state index is 0.0916. The van der Waals surface area contributed by atoms with Gasteiger partial charge in [-0.05, 0) is 24.1 Å². The number of fused-ring (bicyclic) bond motifs is 1. The Morgan fingerprint density at radius 2 is 2.27 bits per heavy atom. The van der Waals surface area contributed by atoms with E-state index in [1.807, 2.05) is 0 Å². The van der Waals surface area contributed by atoms with Crippen LogP contribution >= 0.6 is 23.2 Å². The predicted octanol–water partition coefficient (Wildman–Crippen LogP) is 2.61. The van der Waals surface area contributed by atoms with Crippen LogP contribution in [0.1, 0.15) is 5.56 Å². The zero-order valence-electron chi connectivity index (χ0n) is 7.77. The molecule has 0 atom stereocenters. The van der Waals surface area contributed by atoms with Crippen molar-refractivity contribution in [3.05, 3.63) is 28.5 Å². The van der Waals surface area contributed by atoms with Crippen LogP contribution in [0.25, 0.3) is 0 Å².